The van der Waals surface area contributed by atoms with Gasteiger partial charge in [-0.15, -0.1) is 0 Å². The number of rotatable bonds is 1. The third kappa shape index (κ3) is 1.92. The van der Waals surface area contributed by atoms with Gasteiger partial charge in [0.15, 0.2) is 0 Å². The van der Waals surface area contributed by atoms with E-state index in [0.29, 0.717) is 5.82 Å². The molecule has 2 saturated heterocycles. The van der Waals surface area contributed by atoms with Gasteiger partial charge in [-0.1, -0.05) is 0 Å². The molecule has 0 aromatic carbocycles. The summed E-state index contributed by atoms with van der Waals surface area (Å²) >= 11 is 0. The molecular formula is C12H11F3N4. The molecule has 7 heteroatoms. The lowest BCUT2D eigenvalue weighted by Gasteiger charge is -2.56. The summed E-state index contributed by atoms with van der Waals surface area (Å²) in [5, 5.41) is 11.9. The van der Waals surface area contributed by atoms with Crippen molar-refractivity contribution in [3.63, 3.8) is 0 Å². The van der Waals surface area contributed by atoms with Crippen molar-refractivity contribution in [1.82, 2.24) is 10.3 Å². The smallest absolute Gasteiger partial charge is 0.355 e. The Morgan fingerprint density at radius 3 is 2.53 bits per heavy atom. The van der Waals surface area contributed by atoms with E-state index in [2.05, 4.69) is 10.3 Å². The predicted octanol–water partition coefficient (Wildman–Crippen LogP) is 1.38. The first kappa shape index (κ1) is 12.2. The Hall–Kier alpha value is -1.81. The molecule has 1 aromatic heterocycles. The Labute approximate surface area is 107 Å². The number of halogens is 3. The number of hydrogen-bond acceptors (Lipinski definition) is 4. The molecule has 2 fully saturated rings. The van der Waals surface area contributed by atoms with Crippen LogP contribution >= 0.6 is 0 Å². The molecule has 0 radical (unpaired) electrons. The third-order valence-corrected chi connectivity index (χ3v) is 3.69. The average molecular weight is 268 g/mol. The van der Waals surface area contributed by atoms with E-state index in [0.717, 1.165) is 38.4 Å². The van der Waals surface area contributed by atoms with Gasteiger partial charge in [-0.3, -0.25) is 0 Å². The Bertz CT molecular complexity index is 549. The number of nitrogens with one attached hydrogen (secondary N) is 1. The van der Waals surface area contributed by atoms with Crippen LogP contribution in [-0.2, 0) is 6.18 Å². The SMILES string of the molecule is N#Cc1cnc(N2CC3(CNC3)C2)cc1C(F)(F)F. The fourth-order valence-electron chi connectivity index (χ4n) is 2.57. The average Bonchev–Trinajstić information content (AvgIpc) is 2.24. The Balaban J connectivity index is 1.86. The Kier molecular flexibility index (Phi) is 2.47. The molecule has 0 saturated carbocycles. The summed E-state index contributed by atoms with van der Waals surface area (Å²) in [4.78, 5) is 5.77. The highest BCUT2D eigenvalue weighted by atomic mass is 19.4. The molecule has 4 nitrogen and oxygen atoms in total. The fraction of sp³-hybridized carbons (Fsp3) is 0.500. The van der Waals surface area contributed by atoms with Gasteiger partial charge in [-0.25, -0.2) is 4.98 Å². The van der Waals surface area contributed by atoms with Gasteiger partial charge in [0.25, 0.3) is 0 Å². The summed E-state index contributed by atoms with van der Waals surface area (Å²) in [6.07, 6.45) is -3.52. The van der Waals surface area contributed by atoms with Crippen molar-refractivity contribution >= 4 is 5.82 Å². The first-order valence-corrected chi connectivity index (χ1v) is 5.87. The van der Waals surface area contributed by atoms with Gasteiger partial charge < -0.3 is 10.2 Å². The van der Waals surface area contributed by atoms with Crippen LogP contribution in [0.15, 0.2) is 12.3 Å². The number of alkyl halides is 3. The molecule has 0 bridgehead atoms. The number of nitrogens with zero attached hydrogens (tertiary/aromatic N) is 3. The highest BCUT2D eigenvalue weighted by Crippen LogP contribution is 2.39. The topological polar surface area (TPSA) is 52.0 Å². The third-order valence-electron chi connectivity index (χ3n) is 3.69. The molecule has 2 aliphatic heterocycles. The molecule has 3 heterocycles. The van der Waals surface area contributed by atoms with E-state index in [4.69, 9.17) is 5.26 Å². The summed E-state index contributed by atoms with van der Waals surface area (Å²) in [6.45, 7) is 3.25. The van der Waals surface area contributed by atoms with E-state index >= 15 is 0 Å². The van der Waals surface area contributed by atoms with Crippen molar-refractivity contribution in [3.05, 3.63) is 23.4 Å². The van der Waals surface area contributed by atoms with Crippen LogP contribution in [0.25, 0.3) is 0 Å². The lowest BCUT2D eigenvalue weighted by atomic mass is 9.74. The quantitative estimate of drug-likeness (QED) is 0.836. The highest BCUT2D eigenvalue weighted by Gasteiger charge is 2.48. The van der Waals surface area contributed by atoms with E-state index < -0.39 is 17.3 Å². The highest BCUT2D eigenvalue weighted by molar-refractivity contribution is 5.51. The van der Waals surface area contributed by atoms with E-state index in [9.17, 15) is 13.2 Å². The van der Waals surface area contributed by atoms with Crippen LogP contribution in [0.2, 0.25) is 0 Å². The summed E-state index contributed by atoms with van der Waals surface area (Å²) < 4.78 is 38.5. The molecule has 1 aromatic rings. The zero-order valence-electron chi connectivity index (χ0n) is 9.96. The standard InChI is InChI=1S/C12H11F3N4/c13-12(14,15)9-1-10(18-3-8(9)2-16)19-6-11(7-19)4-17-5-11/h1,3,17H,4-7H2. The van der Waals surface area contributed by atoms with Gasteiger partial charge in [0.05, 0.1) is 11.1 Å². The second kappa shape index (κ2) is 3.84. The predicted molar refractivity (Wildman–Crippen MR) is 61.5 cm³/mol. The van der Waals surface area contributed by atoms with Crippen LogP contribution in [0, 0.1) is 16.7 Å². The molecule has 19 heavy (non-hydrogen) atoms. The van der Waals surface area contributed by atoms with Gasteiger partial charge in [-0.2, -0.15) is 18.4 Å². The fourth-order valence-corrected chi connectivity index (χ4v) is 2.57. The summed E-state index contributed by atoms with van der Waals surface area (Å²) in [7, 11) is 0. The van der Waals surface area contributed by atoms with Gasteiger partial charge >= 0.3 is 6.18 Å². The van der Waals surface area contributed by atoms with Crippen LogP contribution in [0.1, 0.15) is 11.1 Å². The first-order chi connectivity index (χ1) is 8.93. The van der Waals surface area contributed by atoms with E-state index in [1.54, 1.807) is 0 Å². The molecule has 3 rings (SSSR count). The lowest BCUT2D eigenvalue weighted by Crippen LogP contribution is -2.71. The molecule has 1 N–H and O–H groups in total. The molecule has 100 valence electrons. The lowest BCUT2D eigenvalue weighted by molar-refractivity contribution is -0.137. The van der Waals surface area contributed by atoms with Crippen LogP contribution in [-0.4, -0.2) is 31.2 Å². The van der Waals surface area contributed by atoms with Crippen molar-refractivity contribution < 1.29 is 13.2 Å². The molecule has 0 aliphatic carbocycles. The minimum Gasteiger partial charge on any atom is -0.355 e. The van der Waals surface area contributed by atoms with Gasteiger partial charge in [0.1, 0.15) is 11.9 Å². The maximum absolute atomic E-state index is 12.8. The van der Waals surface area contributed by atoms with Crippen molar-refractivity contribution in [3.8, 4) is 6.07 Å². The van der Waals surface area contributed by atoms with E-state index in [1.165, 1.54) is 6.07 Å². The zero-order chi connectivity index (χ0) is 13.7. The van der Waals surface area contributed by atoms with Crippen molar-refractivity contribution in [2.24, 2.45) is 5.41 Å². The van der Waals surface area contributed by atoms with Crippen LogP contribution < -0.4 is 10.2 Å². The molecular weight excluding hydrogens is 257 g/mol. The Morgan fingerprint density at radius 2 is 2.05 bits per heavy atom. The minimum absolute atomic E-state index is 0.216. The first-order valence-electron chi connectivity index (χ1n) is 5.87. The van der Waals surface area contributed by atoms with Crippen LogP contribution in [0.3, 0.4) is 0 Å². The molecule has 1 spiro atoms. The van der Waals surface area contributed by atoms with Crippen molar-refractivity contribution in [2.75, 3.05) is 31.1 Å². The van der Waals surface area contributed by atoms with Gasteiger partial charge in [0.2, 0.25) is 0 Å². The maximum atomic E-state index is 12.8. The van der Waals surface area contributed by atoms with Crippen molar-refractivity contribution in [2.45, 2.75) is 6.18 Å². The normalized spacial score (nSPS) is 20.6. The van der Waals surface area contributed by atoms with Gasteiger partial charge in [0, 0.05) is 37.8 Å². The largest absolute Gasteiger partial charge is 0.417 e. The summed E-state index contributed by atoms with van der Waals surface area (Å²) in [6, 6.07) is 2.50. The number of pyridine rings is 1. The number of anilines is 1. The minimum atomic E-state index is -4.52. The second-order valence-corrected chi connectivity index (χ2v) is 5.16. The monoisotopic (exact) mass is 268 g/mol. The summed E-state index contributed by atoms with van der Waals surface area (Å²) in [5.74, 6) is 0.295. The van der Waals surface area contributed by atoms with Crippen LogP contribution in [0.5, 0.6) is 0 Å². The second-order valence-electron chi connectivity index (χ2n) is 5.16. The zero-order valence-corrected chi connectivity index (χ0v) is 9.96. The molecule has 0 atom stereocenters. The number of hydrogen-bond donors (Lipinski definition) is 1. The van der Waals surface area contributed by atoms with E-state index in [-0.39, 0.29) is 5.41 Å². The van der Waals surface area contributed by atoms with Gasteiger partial charge in [-0.05, 0) is 6.07 Å². The number of aromatic nitrogens is 1. The van der Waals surface area contributed by atoms with Crippen molar-refractivity contribution in [1.29, 1.82) is 5.26 Å². The maximum Gasteiger partial charge on any atom is 0.417 e. The molecule has 0 amide bonds. The molecule has 0 unspecified atom stereocenters. The Morgan fingerprint density at radius 1 is 1.37 bits per heavy atom. The summed E-state index contributed by atoms with van der Waals surface area (Å²) in [5.41, 5.74) is -1.13. The molecule has 2 aliphatic rings. The van der Waals surface area contributed by atoms with Crippen LogP contribution in [0.4, 0.5) is 19.0 Å². The van der Waals surface area contributed by atoms with E-state index in [1.807, 2.05) is 4.90 Å². The number of nitriles is 1.